The number of aromatic carboxylic acids is 1. The quantitative estimate of drug-likeness (QED) is 0.745. The van der Waals surface area contributed by atoms with Crippen molar-refractivity contribution in [1.29, 1.82) is 0 Å². The summed E-state index contributed by atoms with van der Waals surface area (Å²) in [6.07, 6.45) is -4.84. The second kappa shape index (κ2) is 6.34. The Morgan fingerprint density at radius 2 is 1.81 bits per heavy atom. The summed E-state index contributed by atoms with van der Waals surface area (Å²) in [5, 5.41) is 13.2. The third-order valence-corrected chi connectivity index (χ3v) is 3.60. The standard InChI is InChI=1S/C16H8ClF3N2O4/c17-8-1-6-12-11(7-8)14(23)13(15(24)25)21-22(12)9-2-4-10(5-3-9)26-16(18,19)20/h1-7H,(H,24,25). The van der Waals surface area contributed by atoms with Gasteiger partial charge in [-0.2, -0.15) is 5.10 Å². The Hall–Kier alpha value is -3.07. The van der Waals surface area contributed by atoms with E-state index in [-0.39, 0.29) is 21.6 Å². The summed E-state index contributed by atoms with van der Waals surface area (Å²) in [5.41, 5.74) is -1.08. The summed E-state index contributed by atoms with van der Waals surface area (Å²) in [5.74, 6) is -1.99. The molecule has 0 unspecified atom stereocenters. The van der Waals surface area contributed by atoms with E-state index < -0.39 is 29.2 Å². The van der Waals surface area contributed by atoms with E-state index in [1.165, 1.54) is 30.3 Å². The number of carboxylic acid groups (broad SMARTS) is 1. The number of halogens is 4. The number of fused-ring (bicyclic) bond motifs is 1. The minimum absolute atomic E-state index is 0.0144. The molecule has 0 aliphatic rings. The molecule has 134 valence electrons. The molecule has 0 saturated carbocycles. The number of nitrogens with zero attached hydrogens (tertiary/aromatic N) is 2. The third-order valence-electron chi connectivity index (χ3n) is 3.36. The first kappa shape index (κ1) is 17.7. The number of ether oxygens (including phenoxy) is 1. The van der Waals surface area contributed by atoms with Gasteiger partial charge in [-0.3, -0.25) is 4.79 Å². The van der Waals surface area contributed by atoms with Crippen LogP contribution < -0.4 is 10.2 Å². The van der Waals surface area contributed by atoms with Crippen molar-refractivity contribution >= 4 is 28.5 Å². The van der Waals surface area contributed by atoms with Crippen molar-refractivity contribution in [3.05, 3.63) is 63.4 Å². The van der Waals surface area contributed by atoms with Gasteiger partial charge >= 0.3 is 12.3 Å². The predicted molar refractivity (Wildman–Crippen MR) is 86.0 cm³/mol. The lowest BCUT2D eigenvalue weighted by Crippen LogP contribution is -2.22. The van der Waals surface area contributed by atoms with Gasteiger partial charge in [-0.15, -0.1) is 13.2 Å². The molecular weight excluding hydrogens is 377 g/mol. The molecule has 0 aliphatic carbocycles. The van der Waals surface area contributed by atoms with E-state index in [4.69, 9.17) is 11.6 Å². The molecule has 2 aromatic carbocycles. The van der Waals surface area contributed by atoms with Crippen LogP contribution in [0.1, 0.15) is 10.5 Å². The van der Waals surface area contributed by atoms with Gasteiger partial charge in [-0.05, 0) is 42.5 Å². The molecule has 10 heteroatoms. The Balaban J connectivity index is 2.20. The van der Waals surface area contributed by atoms with Crippen LogP contribution >= 0.6 is 11.6 Å². The molecule has 0 fully saturated rings. The summed E-state index contributed by atoms with van der Waals surface area (Å²) >= 11 is 5.86. The van der Waals surface area contributed by atoms with Crippen molar-refractivity contribution in [3.63, 3.8) is 0 Å². The van der Waals surface area contributed by atoms with Gasteiger partial charge in [-0.1, -0.05) is 11.6 Å². The molecule has 0 atom stereocenters. The van der Waals surface area contributed by atoms with E-state index in [1.807, 2.05) is 0 Å². The van der Waals surface area contributed by atoms with Crippen LogP contribution in [0.25, 0.3) is 16.6 Å². The van der Waals surface area contributed by atoms with E-state index in [1.54, 1.807) is 0 Å². The first-order valence-corrected chi connectivity index (χ1v) is 7.35. The van der Waals surface area contributed by atoms with E-state index in [0.29, 0.717) is 0 Å². The van der Waals surface area contributed by atoms with Crippen molar-refractivity contribution in [2.45, 2.75) is 6.36 Å². The Kier molecular flexibility index (Phi) is 4.33. The number of aromatic nitrogens is 2. The molecule has 0 spiro atoms. The molecule has 0 bridgehead atoms. The molecular formula is C16H8ClF3N2O4. The molecule has 3 aromatic rings. The Morgan fingerprint density at radius 3 is 2.38 bits per heavy atom. The van der Waals surface area contributed by atoms with Crippen molar-refractivity contribution < 1.29 is 27.8 Å². The normalized spacial score (nSPS) is 11.5. The molecule has 0 radical (unpaired) electrons. The fourth-order valence-corrected chi connectivity index (χ4v) is 2.50. The highest BCUT2D eigenvalue weighted by Gasteiger charge is 2.31. The van der Waals surface area contributed by atoms with Crippen LogP contribution in [0.4, 0.5) is 13.2 Å². The Bertz CT molecular complexity index is 1060. The molecule has 0 saturated heterocycles. The van der Waals surface area contributed by atoms with Crippen molar-refractivity contribution in [2.24, 2.45) is 0 Å². The molecule has 6 nitrogen and oxygen atoms in total. The number of benzene rings is 2. The van der Waals surface area contributed by atoms with Gasteiger partial charge in [-0.25, -0.2) is 9.48 Å². The van der Waals surface area contributed by atoms with E-state index in [9.17, 15) is 27.9 Å². The van der Waals surface area contributed by atoms with Gasteiger partial charge in [0.05, 0.1) is 16.6 Å². The second-order valence-corrected chi connectivity index (χ2v) is 5.53. The van der Waals surface area contributed by atoms with Crippen molar-refractivity contribution in [2.75, 3.05) is 0 Å². The molecule has 1 heterocycles. The predicted octanol–water partition coefficient (Wildman–Crippen LogP) is 3.64. The lowest BCUT2D eigenvalue weighted by Gasteiger charge is -2.13. The zero-order valence-electron chi connectivity index (χ0n) is 12.6. The summed E-state index contributed by atoms with van der Waals surface area (Å²) in [4.78, 5) is 23.5. The number of rotatable bonds is 3. The number of alkyl halides is 3. The van der Waals surface area contributed by atoms with E-state index in [0.717, 1.165) is 16.8 Å². The lowest BCUT2D eigenvalue weighted by atomic mass is 10.2. The number of hydrogen-bond acceptors (Lipinski definition) is 4. The smallest absolute Gasteiger partial charge is 0.476 e. The van der Waals surface area contributed by atoms with Gasteiger partial charge in [0.15, 0.2) is 0 Å². The summed E-state index contributed by atoms with van der Waals surface area (Å²) in [6.45, 7) is 0. The Labute approximate surface area is 148 Å². The van der Waals surface area contributed by atoms with Gasteiger partial charge in [0.1, 0.15) is 5.75 Å². The van der Waals surface area contributed by atoms with Crippen LogP contribution in [0.2, 0.25) is 5.02 Å². The molecule has 0 amide bonds. The maximum atomic E-state index is 12.3. The largest absolute Gasteiger partial charge is 0.573 e. The summed E-state index contributed by atoms with van der Waals surface area (Å²) in [6, 6.07) is 8.82. The van der Waals surface area contributed by atoms with E-state index in [2.05, 4.69) is 9.84 Å². The summed E-state index contributed by atoms with van der Waals surface area (Å²) in [7, 11) is 0. The van der Waals surface area contributed by atoms with Crippen LogP contribution in [-0.4, -0.2) is 27.2 Å². The molecule has 3 rings (SSSR count). The second-order valence-electron chi connectivity index (χ2n) is 5.10. The van der Waals surface area contributed by atoms with Gasteiger partial charge in [0.2, 0.25) is 11.1 Å². The van der Waals surface area contributed by atoms with Crippen LogP contribution in [0.5, 0.6) is 5.75 Å². The molecule has 1 N–H and O–H groups in total. The number of carbonyl (C=O) groups is 1. The van der Waals surface area contributed by atoms with Gasteiger partial charge in [0.25, 0.3) is 0 Å². The van der Waals surface area contributed by atoms with E-state index >= 15 is 0 Å². The van der Waals surface area contributed by atoms with Crippen LogP contribution in [-0.2, 0) is 0 Å². The fraction of sp³-hybridized carbons (Fsp3) is 0.0625. The highest BCUT2D eigenvalue weighted by atomic mass is 35.5. The molecule has 1 aromatic heterocycles. The minimum Gasteiger partial charge on any atom is -0.476 e. The monoisotopic (exact) mass is 384 g/mol. The topological polar surface area (TPSA) is 81.4 Å². The number of carboxylic acids is 1. The highest BCUT2D eigenvalue weighted by molar-refractivity contribution is 6.31. The van der Waals surface area contributed by atoms with Gasteiger partial charge in [0, 0.05) is 5.02 Å². The van der Waals surface area contributed by atoms with Crippen molar-refractivity contribution in [3.8, 4) is 11.4 Å². The minimum atomic E-state index is -4.84. The van der Waals surface area contributed by atoms with Crippen LogP contribution in [0.15, 0.2) is 47.3 Å². The Morgan fingerprint density at radius 1 is 1.15 bits per heavy atom. The average Bonchev–Trinajstić information content (AvgIpc) is 2.55. The summed E-state index contributed by atoms with van der Waals surface area (Å²) < 4.78 is 41.7. The maximum absolute atomic E-state index is 12.3. The first-order valence-electron chi connectivity index (χ1n) is 6.98. The first-order chi connectivity index (χ1) is 12.2. The average molecular weight is 385 g/mol. The van der Waals surface area contributed by atoms with Gasteiger partial charge < -0.3 is 9.84 Å². The maximum Gasteiger partial charge on any atom is 0.573 e. The third kappa shape index (κ3) is 3.47. The van der Waals surface area contributed by atoms with Crippen LogP contribution in [0, 0.1) is 0 Å². The zero-order chi connectivity index (χ0) is 19.1. The van der Waals surface area contributed by atoms with Crippen LogP contribution in [0.3, 0.4) is 0 Å². The fourth-order valence-electron chi connectivity index (χ4n) is 2.33. The highest BCUT2D eigenvalue weighted by Crippen LogP contribution is 2.25. The number of hydrogen-bond donors (Lipinski definition) is 1. The van der Waals surface area contributed by atoms with Crippen molar-refractivity contribution in [1.82, 2.24) is 9.78 Å². The SMILES string of the molecule is O=C(O)c1nn(-c2ccc(OC(F)(F)F)cc2)c2ccc(Cl)cc2c1=O. The molecule has 26 heavy (non-hydrogen) atoms. The lowest BCUT2D eigenvalue weighted by molar-refractivity contribution is -0.274. The molecule has 0 aliphatic heterocycles. The zero-order valence-corrected chi connectivity index (χ0v) is 13.4.